The highest BCUT2D eigenvalue weighted by Crippen LogP contribution is 2.38. The van der Waals surface area contributed by atoms with Crippen LogP contribution in [-0.2, 0) is 9.53 Å². The van der Waals surface area contributed by atoms with Crippen LogP contribution in [0.25, 0.3) is 0 Å². The summed E-state index contributed by atoms with van der Waals surface area (Å²) >= 11 is 0. The number of rotatable bonds is 4. The molecule has 0 spiro atoms. The summed E-state index contributed by atoms with van der Waals surface area (Å²) in [6.45, 7) is 0. The van der Waals surface area contributed by atoms with Crippen molar-refractivity contribution in [2.75, 3.05) is 0 Å². The Morgan fingerprint density at radius 2 is 1.26 bits per heavy atom. The van der Waals surface area contributed by atoms with Gasteiger partial charge in [-0.1, -0.05) is 57.4 Å². The molecule has 3 saturated carbocycles. The van der Waals surface area contributed by atoms with Gasteiger partial charge in [0.05, 0.1) is 0 Å². The van der Waals surface area contributed by atoms with E-state index in [-0.39, 0.29) is 12.1 Å². The van der Waals surface area contributed by atoms with Crippen molar-refractivity contribution in [1.29, 1.82) is 0 Å². The van der Waals surface area contributed by atoms with Gasteiger partial charge >= 0.3 is 5.97 Å². The second kappa shape index (κ2) is 8.89. The summed E-state index contributed by atoms with van der Waals surface area (Å²) in [6, 6.07) is 0. The molecule has 2 heteroatoms. The van der Waals surface area contributed by atoms with Crippen molar-refractivity contribution < 1.29 is 9.53 Å². The second-order valence-electron chi connectivity index (χ2n) is 8.13. The standard InChI is InChI=1S/C21H34O2/c22-21(16-11-17-7-3-1-4-8-17)23-20-14-12-19(13-15-20)18-9-5-2-6-10-18/h11,16-20H,1-10,12-15H2/b16-11-. The van der Waals surface area contributed by atoms with E-state index in [2.05, 4.69) is 6.08 Å². The Kier molecular flexibility index (Phi) is 6.59. The quantitative estimate of drug-likeness (QED) is 0.483. The lowest BCUT2D eigenvalue weighted by atomic mass is 9.73. The van der Waals surface area contributed by atoms with Gasteiger partial charge in [0, 0.05) is 6.08 Å². The van der Waals surface area contributed by atoms with Gasteiger partial charge in [-0.05, 0) is 56.3 Å². The van der Waals surface area contributed by atoms with E-state index in [0.717, 1.165) is 24.7 Å². The van der Waals surface area contributed by atoms with E-state index < -0.39 is 0 Å². The first-order valence-corrected chi connectivity index (χ1v) is 10.2. The highest BCUT2D eigenvalue weighted by molar-refractivity contribution is 5.82. The maximum atomic E-state index is 12.0. The van der Waals surface area contributed by atoms with Crippen LogP contribution in [0.15, 0.2) is 12.2 Å². The maximum Gasteiger partial charge on any atom is 0.330 e. The molecule has 2 nitrogen and oxygen atoms in total. The molecule has 0 bridgehead atoms. The lowest BCUT2D eigenvalue weighted by Crippen LogP contribution is -2.28. The lowest BCUT2D eigenvalue weighted by Gasteiger charge is -2.35. The Bertz CT molecular complexity index is 381. The van der Waals surface area contributed by atoms with E-state index in [9.17, 15) is 4.79 Å². The molecular weight excluding hydrogens is 284 g/mol. The van der Waals surface area contributed by atoms with Crippen LogP contribution in [0.5, 0.6) is 0 Å². The Balaban J connectivity index is 1.36. The number of carbonyl (C=O) groups excluding carboxylic acids is 1. The predicted octanol–water partition coefficient (Wildman–Crippen LogP) is 5.81. The van der Waals surface area contributed by atoms with Crippen molar-refractivity contribution in [1.82, 2.24) is 0 Å². The SMILES string of the molecule is O=C(/C=C\C1CCCCC1)OC1CCC(C2CCCCC2)CC1. The van der Waals surface area contributed by atoms with E-state index in [4.69, 9.17) is 4.74 Å². The third kappa shape index (κ3) is 5.36. The van der Waals surface area contributed by atoms with Crippen molar-refractivity contribution in [2.24, 2.45) is 17.8 Å². The number of ether oxygens (including phenoxy) is 1. The summed E-state index contributed by atoms with van der Waals surface area (Å²) in [4.78, 5) is 12.0. The first kappa shape index (κ1) is 17.0. The Morgan fingerprint density at radius 3 is 1.91 bits per heavy atom. The van der Waals surface area contributed by atoms with Crippen molar-refractivity contribution in [3.05, 3.63) is 12.2 Å². The number of carbonyl (C=O) groups is 1. The molecule has 0 amide bonds. The van der Waals surface area contributed by atoms with E-state index in [1.165, 1.54) is 77.0 Å². The minimum absolute atomic E-state index is 0.100. The van der Waals surface area contributed by atoms with Crippen molar-refractivity contribution in [3.8, 4) is 0 Å². The molecule has 130 valence electrons. The molecule has 0 saturated heterocycles. The Morgan fingerprint density at radius 1 is 0.696 bits per heavy atom. The van der Waals surface area contributed by atoms with Crippen LogP contribution < -0.4 is 0 Å². The fourth-order valence-corrected chi connectivity index (χ4v) is 5.03. The zero-order valence-electron chi connectivity index (χ0n) is 14.7. The lowest BCUT2D eigenvalue weighted by molar-refractivity contribution is -0.145. The summed E-state index contributed by atoms with van der Waals surface area (Å²) < 4.78 is 5.69. The van der Waals surface area contributed by atoms with Gasteiger partial charge in [-0.15, -0.1) is 0 Å². The van der Waals surface area contributed by atoms with Crippen LogP contribution in [0.3, 0.4) is 0 Å². The average Bonchev–Trinajstić information content (AvgIpc) is 2.62. The maximum absolute atomic E-state index is 12.0. The van der Waals surface area contributed by atoms with Crippen LogP contribution in [0.1, 0.15) is 89.9 Å². The van der Waals surface area contributed by atoms with Crippen LogP contribution in [0.2, 0.25) is 0 Å². The van der Waals surface area contributed by atoms with Crippen LogP contribution in [0.4, 0.5) is 0 Å². The van der Waals surface area contributed by atoms with Crippen LogP contribution in [-0.4, -0.2) is 12.1 Å². The summed E-state index contributed by atoms with van der Waals surface area (Å²) in [5.41, 5.74) is 0. The van der Waals surface area contributed by atoms with Gasteiger partial charge in [-0.2, -0.15) is 0 Å². The molecule has 23 heavy (non-hydrogen) atoms. The van der Waals surface area contributed by atoms with Gasteiger partial charge in [0.2, 0.25) is 0 Å². The molecule has 3 fully saturated rings. The molecule has 0 radical (unpaired) electrons. The molecule has 0 N–H and O–H groups in total. The zero-order chi connectivity index (χ0) is 15.9. The van der Waals surface area contributed by atoms with Crippen molar-refractivity contribution in [3.63, 3.8) is 0 Å². The highest BCUT2D eigenvalue weighted by Gasteiger charge is 2.29. The monoisotopic (exact) mass is 318 g/mol. The number of esters is 1. The minimum atomic E-state index is -0.100. The fraction of sp³-hybridized carbons (Fsp3) is 0.857. The molecule has 3 rings (SSSR count). The smallest absolute Gasteiger partial charge is 0.330 e. The first-order chi connectivity index (χ1) is 11.3. The van der Waals surface area contributed by atoms with Gasteiger partial charge in [0.25, 0.3) is 0 Å². The molecule has 0 unspecified atom stereocenters. The average molecular weight is 319 g/mol. The molecule has 0 atom stereocenters. The highest BCUT2D eigenvalue weighted by atomic mass is 16.5. The molecule has 0 aromatic carbocycles. The topological polar surface area (TPSA) is 26.3 Å². The molecular formula is C21H34O2. The van der Waals surface area contributed by atoms with Crippen LogP contribution >= 0.6 is 0 Å². The van der Waals surface area contributed by atoms with E-state index >= 15 is 0 Å². The third-order valence-corrected chi connectivity index (χ3v) is 6.47. The summed E-state index contributed by atoms with van der Waals surface area (Å²) in [6.07, 6.45) is 22.4. The fourth-order valence-electron chi connectivity index (χ4n) is 5.03. The van der Waals surface area contributed by atoms with E-state index in [0.29, 0.717) is 5.92 Å². The molecule has 0 aromatic heterocycles. The Labute approximate surface area is 142 Å². The third-order valence-electron chi connectivity index (χ3n) is 6.47. The van der Waals surface area contributed by atoms with Gasteiger partial charge in [0.15, 0.2) is 0 Å². The normalized spacial score (nSPS) is 31.3. The van der Waals surface area contributed by atoms with Crippen molar-refractivity contribution in [2.45, 2.75) is 96.0 Å². The minimum Gasteiger partial charge on any atom is -0.459 e. The predicted molar refractivity (Wildman–Crippen MR) is 94.1 cm³/mol. The van der Waals surface area contributed by atoms with E-state index in [1.54, 1.807) is 6.08 Å². The van der Waals surface area contributed by atoms with E-state index in [1.807, 2.05) is 0 Å². The number of hydrogen-bond acceptors (Lipinski definition) is 2. The summed E-state index contributed by atoms with van der Waals surface area (Å²) in [5.74, 6) is 2.38. The molecule has 0 aliphatic heterocycles. The summed E-state index contributed by atoms with van der Waals surface area (Å²) in [5, 5.41) is 0. The molecule has 0 aromatic rings. The van der Waals surface area contributed by atoms with Crippen molar-refractivity contribution >= 4 is 5.97 Å². The molecule has 3 aliphatic carbocycles. The molecule has 3 aliphatic rings. The largest absolute Gasteiger partial charge is 0.459 e. The number of allylic oxidation sites excluding steroid dienone is 1. The molecule has 0 heterocycles. The summed E-state index contributed by atoms with van der Waals surface area (Å²) in [7, 11) is 0. The van der Waals surface area contributed by atoms with Gasteiger partial charge < -0.3 is 4.74 Å². The van der Waals surface area contributed by atoms with Gasteiger partial charge in [-0.25, -0.2) is 4.79 Å². The Hall–Kier alpha value is -0.790. The van der Waals surface area contributed by atoms with Gasteiger partial charge in [0.1, 0.15) is 6.10 Å². The first-order valence-electron chi connectivity index (χ1n) is 10.2. The second-order valence-corrected chi connectivity index (χ2v) is 8.13. The number of hydrogen-bond donors (Lipinski definition) is 0. The zero-order valence-corrected chi connectivity index (χ0v) is 14.7. The van der Waals surface area contributed by atoms with Crippen LogP contribution in [0, 0.1) is 17.8 Å². The van der Waals surface area contributed by atoms with Gasteiger partial charge in [-0.3, -0.25) is 0 Å².